The number of ether oxygens (including phenoxy) is 1. The average Bonchev–Trinajstić information content (AvgIpc) is 2.65. The van der Waals surface area contributed by atoms with E-state index >= 15 is 0 Å². The van der Waals surface area contributed by atoms with Crippen molar-refractivity contribution in [2.24, 2.45) is 0 Å². The Morgan fingerprint density at radius 1 is 1.11 bits per heavy atom. The Balaban J connectivity index is 0.000000568. The highest BCUT2D eigenvalue weighted by Crippen LogP contribution is 2.37. The third kappa shape index (κ3) is 9.71. The summed E-state index contributed by atoms with van der Waals surface area (Å²) in [6, 6.07) is 8.33. The van der Waals surface area contributed by atoms with Gasteiger partial charge in [0.25, 0.3) is 0 Å². The second kappa shape index (κ2) is 11.7. The van der Waals surface area contributed by atoms with Gasteiger partial charge >= 0.3 is 11.9 Å². The predicted octanol–water partition coefficient (Wildman–Crippen LogP) is 3.02. The van der Waals surface area contributed by atoms with Gasteiger partial charge < -0.3 is 25.4 Å². The van der Waals surface area contributed by atoms with Gasteiger partial charge in [-0.15, -0.1) is 0 Å². The van der Waals surface area contributed by atoms with E-state index in [1.807, 2.05) is 12.1 Å². The number of hydrogen-bond donors (Lipinski definition) is 4. The van der Waals surface area contributed by atoms with Gasteiger partial charge in [0, 0.05) is 12.1 Å². The number of benzene rings is 1. The van der Waals surface area contributed by atoms with Crippen LogP contribution >= 0.6 is 0 Å². The summed E-state index contributed by atoms with van der Waals surface area (Å²) >= 11 is 0. The number of aliphatic hydroxyl groups is 1. The third-order valence-electron chi connectivity index (χ3n) is 4.45. The molecule has 0 radical (unpaired) electrons. The standard InChI is InChI=1S/C19H31NO2.C2H2O4/c1-19(2,3)20-13-16(21)14-22-18-12-8-7-11-17(18)15-9-5-4-6-10-15;3-1(4)2(5)6/h7-8,11-12,15-16,20-21H,4-6,9-10,13-14H2,1-3H3;(H,3,4)(H,5,6). The molecular formula is C21H33NO6. The van der Waals surface area contributed by atoms with Crippen molar-refractivity contribution in [3.05, 3.63) is 29.8 Å². The number of carbonyl (C=O) groups is 2. The monoisotopic (exact) mass is 395 g/mol. The van der Waals surface area contributed by atoms with Crippen molar-refractivity contribution >= 4 is 11.9 Å². The van der Waals surface area contributed by atoms with Gasteiger partial charge in [-0.3, -0.25) is 0 Å². The van der Waals surface area contributed by atoms with E-state index in [0.29, 0.717) is 19.1 Å². The Bertz CT molecular complexity index is 608. The zero-order valence-corrected chi connectivity index (χ0v) is 17.0. The van der Waals surface area contributed by atoms with Crippen molar-refractivity contribution in [3.8, 4) is 5.75 Å². The van der Waals surface area contributed by atoms with Gasteiger partial charge in [-0.25, -0.2) is 9.59 Å². The highest BCUT2D eigenvalue weighted by molar-refractivity contribution is 6.27. The molecule has 2 rings (SSSR count). The number of nitrogens with one attached hydrogen (secondary N) is 1. The molecule has 0 bridgehead atoms. The number of aliphatic hydroxyl groups excluding tert-OH is 1. The van der Waals surface area contributed by atoms with Gasteiger partial charge in [-0.2, -0.15) is 0 Å². The van der Waals surface area contributed by atoms with E-state index in [1.165, 1.54) is 37.7 Å². The second-order valence-corrected chi connectivity index (χ2v) is 8.08. The molecule has 28 heavy (non-hydrogen) atoms. The van der Waals surface area contributed by atoms with Crippen molar-refractivity contribution in [3.63, 3.8) is 0 Å². The molecule has 0 amide bonds. The van der Waals surface area contributed by atoms with Crippen molar-refractivity contribution in [1.82, 2.24) is 5.32 Å². The minimum absolute atomic E-state index is 0.0149. The van der Waals surface area contributed by atoms with Gasteiger partial charge in [0.05, 0.1) is 0 Å². The maximum absolute atomic E-state index is 10.1. The lowest BCUT2D eigenvalue weighted by Crippen LogP contribution is -2.42. The Morgan fingerprint density at radius 2 is 1.68 bits per heavy atom. The molecule has 0 heterocycles. The number of rotatable bonds is 6. The van der Waals surface area contributed by atoms with Crippen molar-refractivity contribution in [1.29, 1.82) is 0 Å². The molecule has 7 nitrogen and oxygen atoms in total. The molecule has 4 N–H and O–H groups in total. The van der Waals surface area contributed by atoms with Crippen LogP contribution < -0.4 is 10.1 Å². The minimum Gasteiger partial charge on any atom is -0.491 e. The lowest BCUT2D eigenvalue weighted by Gasteiger charge is -2.25. The van der Waals surface area contributed by atoms with Crippen LogP contribution in [0.1, 0.15) is 64.4 Å². The molecule has 1 fully saturated rings. The first-order valence-electron chi connectivity index (χ1n) is 9.71. The largest absolute Gasteiger partial charge is 0.491 e. The van der Waals surface area contributed by atoms with Gasteiger partial charge in [-0.1, -0.05) is 37.5 Å². The Labute approximate surface area is 166 Å². The summed E-state index contributed by atoms with van der Waals surface area (Å²) in [4.78, 5) is 18.2. The van der Waals surface area contributed by atoms with Crippen LogP contribution in [0, 0.1) is 0 Å². The number of β-amino-alcohol motifs (C(OH)–C–C–N with tert-alkyl or cyclic N) is 1. The van der Waals surface area contributed by atoms with Crippen LogP contribution in [-0.2, 0) is 9.59 Å². The molecule has 0 aliphatic heterocycles. The van der Waals surface area contributed by atoms with Gasteiger partial charge in [0.15, 0.2) is 0 Å². The third-order valence-corrected chi connectivity index (χ3v) is 4.45. The average molecular weight is 395 g/mol. The minimum atomic E-state index is -1.82. The van der Waals surface area contributed by atoms with Crippen molar-refractivity contribution < 1.29 is 29.6 Å². The molecular weight excluding hydrogens is 362 g/mol. The van der Waals surface area contributed by atoms with E-state index in [9.17, 15) is 5.11 Å². The van der Waals surface area contributed by atoms with Crippen LogP contribution in [0.2, 0.25) is 0 Å². The van der Waals surface area contributed by atoms with E-state index in [1.54, 1.807) is 0 Å². The molecule has 158 valence electrons. The van der Waals surface area contributed by atoms with Crippen LogP contribution in [0.5, 0.6) is 5.75 Å². The Hall–Kier alpha value is -2.12. The maximum atomic E-state index is 10.1. The van der Waals surface area contributed by atoms with E-state index in [-0.39, 0.29) is 5.54 Å². The van der Waals surface area contributed by atoms with Crippen LogP contribution in [0.15, 0.2) is 24.3 Å². The SMILES string of the molecule is CC(C)(C)NCC(O)COc1ccccc1C1CCCCC1.O=C(O)C(=O)O. The van der Waals surface area contributed by atoms with E-state index in [2.05, 4.69) is 38.2 Å². The topological polar surface area (TPSA) is 116 Å². The second-order valence-electron chi connectivity index (χ2n) is 8.08. The number of aliphatic carboxylic acids is 2. The number of carboxylic acids is 2. The summed E-state index contributed by atoms with van der Waals surface area (Å²) in [6.45, 7) is 7.18. The fraction of sp³-hybridized carbons (Fsp3) is 0.619. The molecule has 1 unspecified atom stereocenters. The summed E-state index contributed by atoms with van der Waals surface area (Å²) in [5, 5.41) is 28.2. The number of hydrogen-bond acceptors (Lipinski definition) is 5. The predicted molar refractivity (Wildman–Crippen MR) is 107 cm³/mol. The molecule has 1 aromatic carbocycles. The maximum Gasteiger partial charge on any atom is 0.414 e. The molecule has 0 spiro atoms. The van der Waals surface area contributed by atoms with Gasteiger partial charge in [0.2, 0.25) is 0 Å². The fourth-order valence-electron chi connectivity index (χ4n) is 3.03. The molecule has 1 aliphatic carbocycles. The smallest absolute Gasteiger partial charge is 0.414 e. The Morgan fingerprint density at radius 3 is 2.21 bits per heavy atom. The van der Waals surface area contributed by atoms with Crippen LogP contribution in [-0.4, -0.2) is 52.1 Å². The summed E-state index contributed by atoms with van der Waals surface area (Å²) in [5.74, 6) is -2.08. The number of carboxylic acid groups (broad SMARTS) is 2. The van der Waals surface area contributed by atoms with Crippen LogP contribution in [0.4, 0.5) is 0 Å². The zero-order valence-electron chi connectivity index (χ0n) is 17.0. The molecule has 1 saturated carbocycles. The van der Waals surface area contributed by atoms with Crippen LogP contribution in [0.3, 0.4) is 0 Å². The first-order valence-corrected chi connectivity index (χ1v) is 9.71. The van der Waals surface area contributed by atoms with E-state index in [4.69, 9.17) is 24.5 Å². The summed E-state index contributed by atoms with van der Waals surface area (Å²) in [6.07, 6.45) is 6.02. The van der Waals surface area contributed by atoms with Gasteiger partial charge in [0.1, 0.15) is 18.5 Å². The van der Waals surface area contributed by atoms with Crippen molar-refractivity contribution in [2.45, 2.75) is 70.4 Å². The van der Waals surface area contributed by atoms with E-state index < -0.39 is 18.0 Å². The van der Waals surface area contributed by atoms with E-state index in [0.717, 1.165) is 5.75 Å². The molecule has 7 heteroatoms. The molecule has 1 aromatic rings. The molecule has 0 saturated heterocycles. The fourth-order valence-corrected chi connectivity index (χ4v) is 3.03. The lowest BCUT2D eigenvalue weighted by molar-refractivity contribution is -0.159. The summed E-state index contributed by atoms with van der Waals surface area (Å²) in [5.41, 5.74) is 1.33. The normalized spacial score (nSPS) is 15.9. The van der Waals surface area contributed by atoms with Gasteiger partial charge in [-0.05, 0) is 51.2 Å². The van der Waals surface area contributed by atoms with Crippen molar-refractivity contribution in [2.75, 3.05) is 13.2 Å². The highest BCUT2D eigenvalue weighted by atomic mass is 16.5. The first-order chi connectivity index (χ1) is 13.1. The zero-order chi connectivity index (χ0) is 21.2. The summed E-state index contributed by atoms with van der Waals surface area (Å²) in [7, 11) is 0. The van der Waals surface area contributed by atoms with Crippen LogP contribution in [0.25, 0.3) is 0 Å². The Kier molecular flexibility index (Phi) is 9.96. The molecule has 1 atom stereocenters. The number of para-hydroxylation sites is 1. The lowest BCUT2D eigenvalue weighted by atomic mass is 9.84. The highest BCUT2D eigenvalue weighted by Gasteiger charge is 2.19. The molecule has 1 aliphatic rings. The first kappa shape index (κ1) is 23.9. The molecule has 0 aromatic heterocycles. The quantitative estimate of drug-likeness (QED) is 0.547. The summed E-state index contributed by atoms with van der Waals surface area (Å²) < 4.78 is 5.93.